The van der Waals surface area contributed by atoms with E-state index in [1.807, 2.05) is 0 Å². The minimum atomic E-state index is -0.544. The third kappa shape index (κ3) is 5.49. The molecular formula is C15H30N2O2. The summed E-state index contributed by atoms with van der Waals surface area (Å²) in [6.45, 7) is 8.24. The average Bonchev–Trinajstić information content (AvgIpc) is 2.77. The summed E-state index contributed by atoms with van der Waals surface area (Å²) >= 11 is 0. The minimum Gasteiger partial charge on any atom is -0.465 e. The number of hydrogen-bond donors (Lipinski definition) is 2. The molecule has 3 N–H and O–H groups in total. The summed E-state index contributed by atoms with van der Waals surface area (Å²) in [6.07, 6.45) is 6.52. The fraction of sp³-hybridized carbons (Fsp3) is 0.933. The molecule has 4 nitrogen and oxygen atoms in total. The number of rotatable bonds is 8. The molecule has 0 aromatic rings. The first-order chi connectivity index (χ1) is 8.99. The number of nitrogens with one attached hydrogen (secondary N) is 1. The van der Waals surface area contributed by atoms with Gasteiger partial charge in [-0.1, -0.05) is 26.7 Å². The molecule has 4 heteroatoms. The zero-order chi connectivity index (χ0) is 14.3. The number of esters is 1. The van der Waals surface area contributed by atoms with Gasteiger partial charge in [0.05, 0.1) is 6.61 Å². The van der Waals surface area contributed by atoms with E-state index in [-0.39, 0.29) is 5.97 Å². The molecule has 0 aromatic carbocycles. The lowest BCUT2D eigenvalue weighted by Gasteiger charge is -2.31. The number of ether oxygens (including phenoxy) is 1. The highest BCUT2D eigenvalue weighted by molar-refractivity contribution is 5.75. The first-order valence-corrected chi connectivity index (χ1v) is 7.62. The van der Waals surface area contributed by atoms with Crippen molar-refractivity contribution in [3.05, 3.63) is 0 Å². The molecule has 1 fully saturated rings. The highest BCUT2D eigenvalue weighted by atomic mass is 16.5. The summed E-state index contributed by atoms with van der Waals surface area (Å²) in [6, 6.07) is -0.544. The highest BCUT2D eigenvalue weighted by Crippen LogP contribution is 2.42. The first kappa shape index (κ1) is 16.4. The van der Waals surface area contributed by atoms with E-state index >= 15 is 0 Å². The molecule has 0 bridgehead atoms. The third-order valence-corrected chi connectivity index (χ3v) is 3.96. The van der Waals surface area contributed by atoms with Crippen LogP contribution in [0, 0.1) is 11.3 Å². The molecular weight excluding hydrogens is 240 g/mol. The lowest BCUT2D eigenvalue weighted by Crippen LogP contribution is -2.44. The van der Waals surface area contributed by atoms with Gasteiger partial charge in [-0.05, 0) is 37.5 Å². The van der Waals surface area contributed by atoms with Crippen LogP contribution in [-0.4, -0.2) is 31.7 Å². The van der Waals surface area contributed by atoms with Crippen LogP contribution in [0.5, 0.6) is 0 Å². The number of hydrogen-bond acceptors (Lipinski definition) is 4. The number of carbonyl (C=O) groups excluding carboxylic acids is 1. The van der Waals surface area contributed by atoms with Gasteiger partial charge in [-0.2, -0.15) is 0 Å². The van der Waals surface area contributed by atoms with Gasteiger partial charge in [-0.15, -0.1) is 0 Å². The summed E-state index contributed by atoms with van der Waals surface area (Å²) in [5.74, 6) is 0.415. The predicted octanol–water partition coefficient (Wildman–Crippen LogP) is 2.07. The second kappa shape index (κ2) is 7.85. The van der Waals surface area contributed by atoms with Gasteiger partial charge in [0.1, 0.15) is 6.04 Å². The quantitative estimate of drug-likeness (QED) is 0.663. The second-order valence-electron chi connectivity index (χ2n) is 6.29. The summed E-state index contributed by atoms with van der Waals surface area (Å²) in [5, 5.41) is 3.39. The molecule has 1 unspecified atom stereocenters. The summed E-state index contributed by atoms with van der Waals surface area (Å²) < 4.78 is 4.91. The van der Waals surface area contributed by atoms with Crippen LogP contribution in [-0.2, 0) is 9.53 Å². The standard InChI is InChI=1S/C15H30N2O2/c1-4-19-14(18)13(16)10-17-11-15(9-12(2)3)7-5-6-8-15/h12-13,17H,4-11,16H2,1-3H3. The first-order valence-electron chi connectivity index (χ1n) is 7.62. The van der Waals surface area contributed by atoms with Gasteiger partial charge >= 0.3 is 5.97 Å². The Hall–Kier alpha value is -0.610. The van der Waals surface area contributed by atoms with Gasteiger partial charge < -0.3 is 15.8 Å². The van der Waals surface area contributed by atoms with E-state index in [0.29, 0.717) is 18.6 Å². The van der Waals surface area contributed by atoms with Crippen LogP contribution in [0.1, 0.15) is 52.9 Å². The normalized spacial score (nSPS) is 19.6. The summed E-state index contributed by atoms with van der Waals surface area (Å²) in [4.78, 5) is 11.4. The molecule has 0 saturated heterocycles. The van der Waals surface area contributed by atoms with E-state index < -0.39 is 6.04 Å². The zero-order valence-corrected chi connectivity index (χ0v) is 12.7. The lowest BCUT2D eigenvalue weighted by atomic mass is 9.78. The fourth-order valence-electron chi connectivity index (χ4n) is 3.27. The van der Waals surface area contributed by atoms with Gasteiger partial charge in [-0.25, -0.2) is 0 Å². The van der Waals surface area contributed by atoms with Crippen molar-refractivity contribution in [3.63, 3.8) is 0 Å². The predicted molar refractivity (Wildman–Crippen MR) is 77.8 cm³/mol. The maximum Gasteiger partial charge on any atom is 0.324 e. The SMILES string of the molecule is CCOC(=O)C(N)CNCC1(CC(C)C)CCCC1. The molecule has 1 atom stereocenters. The molecule has 0 amide bonds. The molecule has 1 rings (SSSR count). The molecule has 19 heavy (non-hydrogen) atoms. The Labute approximate surface area is 117 Å². The molecule has 112 valence electrons. The largest absolute Gasteiger partial charge is 0.465 e. The smallest absolute Gasteiger partial charge is 0.324 e. The Morgan fingerprint density at radius 2 is 2.00 bits per heavy atom. The molecule has 0 heterocycles. The topological polar surface area (TPSA) is 64.3 Å². The Kier molecular flexibility index (Phi) is 6.80. The average molecular weight is 270 g/mol. The van der Waals surface area contributed by atoms with Crippen LogP contribution >= 0.6 is 0 Å². The number of nitrogens with two attached hydrogens (primary N) is 1. The van der Waals surface area contributed by atoms with Crippen molar-refractivity contribution in [1.82, 2.24) is 5.32 Å². The van der Waals surface area contributed by atoms with E-state index in [2.05, 4.69) is 19.2 Å². The van der Waals surface area contributed by atoms with Crippen molar-refractivity contribution in [1.29, 1.82) is 0 Å². The molecule has 1 aliphatic rings. The molecule has 1 aliphatic carbocycles. The molecule has 0 radical (unpaired) electrons. The minimum absolute atomic E-state index is 0.306. The van der Waals surface area contributed by atoms with Crippen LogP contribution in [0.2, 0.25) is 0 Å². The Balaban J connectivity index is 2.34. The van der Waals surface area contributed by atoms with E-state index in [1.54, 1.807) is 6.92 Å². The fourth-order valence-corrected chi connectivity index (χ4v) is 3.27. The van der Waals surface area contributed by atoms with Crippen LogP contribution in [0.3, 0.4) is 0 Å². The van der Waals surface area contributed by atoms with E-state index in [1.165, 1.54) is 32.1 Å². The molecule has 0 aromatic heterocycles. The van der Waals surface area contributed by atoms with Crippen molar-refractivity contribution < 1.29 is 9.53 Å². The summed E-state index contributed by atoms with van der Waals surface area (Å²) in [7, 11) is 0. The molecule has 0 spiro atoms. The maximum atomic E-state index is 11.4. The van der Waals surface area contributed by atoms with Crippen LogP contribution in [0.4, 0.5) is 0 Å². The second-order valence-corrected chi connectivity index (χ2v) is 6.29. The maximum absolute atomic E-state index is 11.4. The lowest BCUT2D eigenvalue weighted by molar-refractivity contribution is -0.144. The van der Waals surface area contributed by atoms with Crippen molar-refractivity contribution in [2.45, 2.75) is 58.9 Å². The van der Waals surface area contributed by atoms with Gasteiger partial charge in [0.2, 0.25) is 0 Å². The molecule has 0 aliphatic heterocycles. The van der Waals surface area contributed by atoms with Crippen LogP contribution < -0.4 is 11.1 Å². The number of carbonyl (C=O) groups is 1. The van der Waals surface area contributed by atoms with Crippen LogP contribution in [0.15, 0.2) is 0 Å². The van der Waals surface area contributed by atoms with Gasteiger partial charge in [0, 0.05) is 13.1 Å². The monoisotopic (exact) mass is 270 g/mol. The van der Waals surface area contributed by atoms with E-state index in [0.717, 1.165) is 12.5 Å². The van der Waals surface area contributed by atoms with Crippen LogP contribution in [0.25, 0.3) is 0 Å². The van der Waals surface area contributed by atoms with E-state index in [4.69, 9.17) is 10.5 Å². The Bertz CT molecular complexity index is 273. The van der Waals surface area contributed by atoms with Crippen molar-refractivity contribution in [3.8, 4) is 0 Å². The van der Waals surface area contributed by atoms with E-state index in [9.17, 15) is 4.79 Å². The Morgan fingerprint density at radius 3 is 2.53 bits per heavy atom. The highest BCUT2D eigenvalue weighted by Gasteiger charge is 2.34. The van der Waals surface area contributed by atoms with Crippen molar-refractivity contribution in [2.24, 2.45) is 17.1 Å². The van der Waals surface area contributed by atoms with Gasteiger partial charge in [0.15, 0.2) is 0 Å². The third-order valence-electron chi connectivity index (χ3n) is 3.96. The summed E-state index contributed by atoms with van der Waals surface area (Å²) in [5.41, 5.74) is 6.21. The molecule has 1 saturated carbocycles. The Morgan fingerprint density at radius 1 is 1.37 bits per heavy atom. The van der Waals surface area contributed by atoms with Crippen molar-refractivity contribution in [2.75, 3.05) is 19.7 Å². The van der Waals surface area contributed by atoms with Gasteiger partial charge in [0.25, 0.3) is 0 Å². The van der Waals surface area contributed by atoms with Gasteiger partial charge in [-0.3, -0.25) is 4.79 Å². The van der Waals surface area contributed by atoms with Crippen molar-refractivity contribution >= 4 is 5.97 Å². The zero-order valence-electron chi connectivity index (χ0n) is 12.7.